The Kier molecular flexibility index (Phi) is 5.29. The van der Waals surface area contributed by atoms with Crippen molar-refractivity contribution < 1.29 is 0 Å². The fourth-order valence-electron chi connectivity index (χ4n) is 3.81. The van der Waals surface area contributed by atoms with Crippen LogP contribution in [0, 0.1) is 12.8 Å². The van der Waals surface area contributed by atoms with Crippen molar-refractivity contribution in [1.29, 1.82) is 0 Å². The van der Waals surface area contributed by atoms with Gasteiger partial charge in [0, 0.05) is 12.1 Å². The van der Waals surface area contributed by atoms with Gasteiger partial charge in [0.15, 0.2) is 0 Å². The van der Waals surface area contributed by atoms with Crippen LogP contribution in [0.25, 0.3) is 0 Å². The van der Waals surface area contributed by atoms with E-state index < -0.39 is 0 Å². The van der Waals surface area contributed by atoms with Gasteiger partial charge in [-0.2, -0.15) is 0 Å². The monoisotopic (exact) mass is 368 g/mol. The first-order chi connectivity index (χ1) is 13.6. The van der Waals surface area contributed by atoms with E-state index in [1.54, 1.807) is 0 Å². The highest BCUT2D eigenvalue weighted by molar-refractivity contribution is 6.06. The lowest BCUT2D eigenvalue weighted by Gasteiger charge is -2.23. The second kappa shape index (κ2) is 8.02. The molecule has 1 atom stereocenters. The third kappa shape index (κ3) is 4.17. The Bertz CT molecular complexity index is 966. The molecule has 2 nitrogen and oxygen atoms in total. The molecule has 3 aromatic rings. The molecule has 1 N–H and O–H groups in total. The lowest BCUT2D eigenvalue weighted by atomic mass is 9.94. The van der Waals surface area contributed by atoms with Crippen LogP contribution in [0.15, 0.2) is 77.8 Å². The molecule has 0 radical (unpaired) electrons. The van der Waals surface area contributed by atoms with Gasteiger partial charge in [-0.25, -0.2) is 0 Å². The summed E-state index contributed by atoms with van der Waals surface area (Å²) in [6.45, 7) is 6.68. The minimum atomic E-state index is 0.305. The lowest BCUT2D eigenvalue weighted by Crippen LogP contribution is -2.13. The Morgan fingerprint density at radius 3 is 2.29 bits per heavy atom. The minimum absolute atomic E-state index is 0.305. The van der Waals surface area contributed by atoms with Crippen molar-refractivity contribution in [2.24, 2.45) is 10.9 Å². The number of aliphatic imine (C=N–C) groups is 1. The number of fused-ring (bicyclic) bond motifs is 1. The summed E-state index contributed by atoms with van der Waals surface area (Å²) in [7, 11) is 0. The molecular formula is C26H28N2. The zero-order valence-corrected chi connectivity index (χ0v) is 16.9. The topological polar surface area (TPSA) is 24.4 Å². The molecule has 1 aliphatic heterocycles. The highest BCUT2D eigenvalue weighted by Crippen LogP contribution is 2.30. The van der Waals surface area contributed by atoms with Crippen LogP contribution >= 0.6 is 0 Å². The highest BCUT2D eigenvalue weighted by atomic mass is 14.9. The molecule has 2 heteroatoms. The quantitative estimate of drug-likeness (QED) is 0.504. The Morgan fingerprint density at radius 2 is 1.61 bits per heavy atom. The molecule has 0 aliphatic carbocycles. The van der Waals surface area contributed by atoms with E-state index in [0.29, 0.717) is 12.0 Å². The summed E-state index contributed by atoms with van der Waals surface area (Å²) in [5.74, 6) is 0.622. The van der Waals surface area contributed by atoms with Crippen molar-refractivity contribution >= 4 is 17.1 Å². The Balaban J connectivity index is 1.54. The maximum Gasteiger partial charge on any atom is 0.0669 e. The number of nitrogens with zero attached hydrogens (tertiary/aromatic N) is 1. The van der Waals surface area contributed by atoms with Gasteiger partial charge in [-0.1, -0.05) is 74.0 Å². The molecule has 0 aromatic heterocycles. The number of nitrogens with one attached hydrogen (secondary N) is 1. The molecule has 1 aliphatic rings. The molecule has 3 aromatic carbocycles. The van der Waals surface area contributed by atoms with Gasteiger partial charge < -0.3 is 5.32 Å². The van der Waals surface area contributed by atoms with Crippen molar-refractivity contribution in [2.75, 3.05) is 5.32 Å². The van der Waals surface area contributed by atoms with Crippen LogP contribution < -0.4 is 5.32 Å². The zero-order valence-electron chi connectivity index (χ0n) is 16.9. The second-order valence-electron chi connectivity index (χ2n) is 8.18. The highest BCUT2D eigenvalue weighted by Gasteiger charge is 2.17. The van der Waals surface area contributed by atoms with Gasteiger partial charge in [0.25, 0.3) is 0 Å². The Hall–Kier alpha value is -2.87. The Morgan fingerprint density at radius 1 is 0.893 bits per heavy atom. The van der Waals surface area contributed by atoms with Gasteiger partial charge in [0.05, 0.1) is 17.4 Å². The lowest BCUT2D eigenvalue weighted by molar-refractivity contribution is 0.531. The standard InChI is InChI=1S/C26H28N2/c1-18(2)16-25(27-23-14-8-19(3)9-15-23)20-10-12-21(13-11-20)26-17-22-6-4-5-7-24(22)28-26/h4-15,18,25,27H,16-17H2,1-3H3. The van der Waals surface area contributed by atoms with Crippen LogP contribution in [0.2, 0.25) is 0 Å². The summed E-state index contributed by atoms with van der Waals surface area (Å²) in [5.41, 5.74) is 8.61. The van der Waals surface area contributed by atoms with Crippen molar-refractivity contribution in [3.8, 4) is 0 Å². The molecular weight excluding hydrogens is 340 g/mol. The van der Waals surface area contributed by atoms with Crippen molar-refractivity contribution in [3.63, 3.8) is 0 Å². The number of aryl methyl sites for hydroxylation is 1. The average Bonchev–Trinajstić information content (AvgIpc) is 3.13. The van der Waals surface area contributed by atoms with Gasteiger partial charge in [-0.15, -0.1) is 0 Å². The van der Waals surface area contributed by atoms with Crippen molar-refractivity contribution in [2.45, 2.75) is 39.7 Å². The largest absolute Gasteiger partial charge is 0.378 e. The number of rotatable bonds is 6. The number of hydrogen-bond donors (Lipinski definition) is 1. The van der Waals surface area contributed by atoms with Crippen LogP contribution in [0.3, 0.4) is 0 Å². The maximum atomic E-state index is 4.82. The van der Waals surface area contributed by atoms with Gasteiger partial charge in [0.2, 0.25) is 0 Å². The fraction of sp³-hybridized carbons (Fsp3) is 0.269. The first-order valence-electron chi connectivity index (χ1n) is 10.2. The minimum Gasteiger partial charge on any atom is -0.378 e. The van der Waals surface area contributed by atoms with E-state index >= 15 is 0 Å². The molecule has 4 rings (SSSR count). The number of benzene rings is 3. The Labute approximate surface area is 168 Å². The number of para-hydroxylation sites is 1. The predicted octanol–water partition coefficient (Wildman–Crippen LogP) is 6.87. The molecule has 142 valence electrons. The summed E-state index contributed by atoms with van der Waals surface area (Å²) in [6, 6.07) is 26.4. The predicted molar refractivity (Wildman–Crippen MR) is 120 cm³/mol. The molecule has 0 amide bonds. The van der Waals surface area contributed by atoms with Gasteiger partial charge in [-0.3, -0.25) is 4.99 Å². The van der Waals surface area contributed by atoms with E-state index in [0.717, 1.165) is 18.5 Å². The number of hydrogen-bond acceptors (Lipinski definition) is 2. The van der Waals surface area contributed by atoms with Crippen LogP contribution in [0.5, 0.6) is 0 Å². The molecule has 1 unspecified atom stereocenters. The molecule has 1 heterocycles. The molecule has 0 fully saturated rings. The summed E-state index contributed by atoms with van der Waals surface area (Å²) < 4.78 is 0. The van der Waals surface area contributed by atoms with Crippen LogP contribution in [-0.4, -0.2) is 5.71 Å². The van der Waals surface area contributed by atoms with Crippen molar-refractivity contribution in [3.05, 3.63) is 95.1 Å². The van der Waals surface area contributed by atoms with Crippen LogP contribution in [0.4, 0.5) is 11.4 Å². The van der Waals surface area contributed by atoms with Crippen molar-refractivity contribution in [1.82, 2.24) is 0 Å². The first kappa shape index (κ1) is 18.5. The smallest absolute Gasteiger partial charge is 0.0669 e. The van der Waals surface area contributed by atoms with E-state index in [2.05, 4.69) is 98.9 Å². The zero-order chi connectivity index (χ0) is 19.5. The number of anilines is 1. The van der Waals surface area contributed by atoms with E-state index in [1.807, 2.05) is 0 Å². The third-order valence-corrected chi connectivity index (χ3v) is 5.35. The summed E-state index contributed by atoms with van der Waals surface area (Å²) >= 11 is 0. The SMILES string of the molecule is Cc1ccc(NC(CC(C)C)c2ccc(C3=Nc4ccccc4C3)cc2)cc1. The molecule has 28 heavy (non-hydrogen) atoms. The van der Waals surface area contributed by atoms with Crippen LogP contribution in [-0.2, 0) is 6.42 Å². The molecule has 0 spiro atoms. The first-order valence-corrected chi connectivity index (χ1v) is 10.2. The van der Waals surface area contributed by atoms with Gasteiger partial charge >= 0.3 is 0 Å². The molecule has 0 saturated carbocycles. The van der Waals surface area contributed by atoms with E-state index in [-0.39, 0.29) is 0 Å². The second-order valence-corrected chi connectivity index (χ2v) is 8.18. The summed E-state index contributed by atoms with van der Waals surface area (Å²) in [5, 5.41) is 3.73. The van der Waals surface area contributed by atoms with E-state index in [9.17, 15) is 0 Å². The summed E-state index contributed by atoms with van der Waals surface area (Å²) in [4.78, 5) is 4.82. The van der Waals surface area contributed by atoms with Gasteiger partial charge in [-0.05, 0) is 54.2 Å². The normalized spacial score (nSPS) is 13.9. The maximum absolute atomic E-state index is 4.82. The van der Waals surface area contributed by atoms with E-state index in [4.69, 9.17) is 4.99 Å². The fourth-order valence-corrected chi connectivity index (χ4v) is 3.81. The average molecular weight is 369 g/mol. The third-order valence-electron chi connectivity index (χ3n) is 5.35. The molecule has 0 saturated heterocycles. The van der Waals surface area contributed by atoms with Crippen LogP contribution in [0.1, 0.15) is 48.6 Å². The van der Waals surface area contributed by atoms with E-state index in [1.165, 1.54) is 33.7 Å². The van der Waals surface area contributed by atoms with Gasteiger partial charge in [0.1, 0.15) is 0 Å². The summed E-state index contributed by atoms with van der Waals surface area (Å²) in [6.07, 6.45) is 2.02. The molecule has 0 bridgehead atoms.